The highest BCUT2D eigenvalue weighted by Gasteiger charge is 2.01. The molecule has 0 saturated heterocycles. The Morgan fingerprint density at radius 2 is 2.29 bits per heavy atom. The molecule has 2 aromatic heterocycles. The molecule has 0 unspecified atom stereocenters. The third-order valence-corrected chi connectivity index (χ3v) is 2.91. The second-order valence-electron chi connectivity index (χ2n) is 3.60. The molecule has 0 amide bonds. The predicted octanol–water partition coefficient (Wildman–Crippen LogP) is 1.73. The number of aryl methyl sites for hydroxylation is 1. The van der Waals surface area contributed by atoms with E-state index in [4.69, 9.17) is 5.73 Å². The van der Waals surface area contributed by atoms with Crippen LogP contribution in [-0.4, -0.2) is 21.5 Å². The summed E-state index contributed by atoms with van der Waals surface area (Å²) in [5, 5.41) is 5.28. The lowest BCUT2D eigenvalue weighted by Gasteiger charge is -2.06. The maximum absolute atomic E-state index is 5.70. The average Bonchev–Trinajstić information content (AvgIpc) is 2.81. The van der Waals surface area contributed by atoms with Crippen molar-refractivity contribution in [2.24, 2.45) is 0 Å². The average molecular weight is 249 g/mol. The van der Waals surface area contributed by atoms with Crippen molar-refractivity contribution in [2.45, 2.75) is 19.8 Å². The summed E-state index contributed by atoms with van der Waals surface area (Å²) in [6.45, 7) is 2.80. The van der Waals surface area contributed by atoms with Crippen LogP contribution in [0.15, 0.2) is 17.0 Å². The molecule has 0 aromatic carbocycles. The third kappa shape index (κ3) is 3.39. The second-order valence-corrected chi connectivity index (χ2v) is 4.32. The zero-order valence-electron chi connectivity index (χ0n) is 9.68. The molecule has 0 bridgehead atoms. The van der Waals surface area contributed by atoms with E-state index >= 15 is 0 Å². The maximum Gasteiger partial charge on any atom is 0.132 e. The molecule has 90 valence electrons. The van der Waals surface area contributed by atoms with E-state index in [1.54, 1.807) is 17.4 Å². The van der Waals surface area contributed by atoms with Crippen molar-refractivity contribution >= 4 is 23.0 Å². The first-order chi connectivity index (χ1) is 8.28. The topological polar surface area (TPSA) is 76.7 Å². The predicted molar refractivity (Wildman–Crippen MR) is 70.1 cm³/mol. The molecule has 17 heavy (non-hydrogen) atoms. The zero-order chi connectivity index (χ0) is 12.1. The van der Waals surface area contributed by atoms with Crippen molar-refractivity contribution in [3.63, 3.8) is 0 Å². The summed E-state index contributed by atoms with van der Waals surface area (Å²) in [5.41, 5.74) is 8.64. The van der Waals surface area contributed by atoms with Gasteiger partial charge in [-0.1, -0.05) is 6.92 Å². The minimum Gasteiger partial charge on any atom is -0.384 e. The zero-order valence-corrected chi connectivity index (χ0v) is 10.5. The van der Waals surface area contributed by atoms with Gasteiger partial charge in [0.1, 0.15) is 17.5 Å². The van der Waals surface area contributed by atoms with Gasteiger partial charge < -0.3 is 11.1 Å². The van der Waals surface area contributed by atoms with Crippen LogP contribution in [0.25, 0.3) is 0 Å². The fraction of sp³-hybridized carbons (Fsp3) is 0.364. The third-order valence-electron chi connectivity index (χ3n) is 2.28. The van der Waals surface area contributed by atoms with E-state index in [1.165, 1.54) is 0 Å². The van der Waals surface area contributed by atoms with Crippen molar-refractivity contribution in [1.82, 2.24) is 15.0 Å². The van der Waals surface area contributed by atoms with E-state index in [1.807, 2.05) is 17.8 Å². The quantitative estimate of drug-likeness (QED) is 0.844. The van der Waals surface area contributed by atoms with E-state index in [9.17, 15) is 0 Å². The summed E-state index contributed by atoms with van der Waals surface area (Å²) in [6, 6.07) is 1.75. The van der Waals surface area contributed by atoms with Crippen molar-refractivity contribution in [2.75, 3.05) is 17.6 Å². The molecule has 0 spiro atoms. The molecule has 0 fully saturated rings. The summed E-state index contributed by atoms with van der Waals surface area (Å²) in [7, 11) is 0. The van der Waals surface area contributed by atoms with Crippen LogP contribution in [0.4, 0.5) is 11.6 Å². The number of aromatic nitrogens is 3. The van der Waals surface area contributed by atoms with Crippen LogP contribution in [0.2, 0.25) is 0 Å². The number of nitrogens with one attached hydrogen (secondary N) is 1. The van der Waals surface area contributed by atoms with Gasteiger partial charge in [0.05, 0.1) is 11.2 Å². The highest BCUT2D eigenvalue weighted by Crippen LogP contribution is 2.09. The van der Waals surface area contributed by atoms with Crippen LogP contribution in [0, 0.1) is 0 Å². The van der Waals surface area contributed by atoms with Crippen LogP contribution in [-0.2, 0) is 12.8 Å². The van der Waals surface area contributed by atoms with Crippen molar-refractivity contribution < 1.29 is 0 Å². The van der Waals surface area contributed by atoms with E-state index in [0.29, 0.717) is 5.82 Å². The number of rotatable bonds is 5. The van der Waals surface area contributed by atoms with Gasteiger partial charge in [-0.3, -0.25) is 0 Å². The van der Waals surface area contributed by atoms with Crippen LogP contribution >= 0.6 is 11.3 Å². The summed E-state index contributed by atoms with van der Waals surface area (Å²) >= 11 is 1.61. The summed E-state index contributed by atoms with van der Waals surface area (Å²) in [5.74, 6) is 2.05. The van der Waals surface area contributed by atoms with E-state index in [0.717, 1.165) is 36.7 Å². The molecule has 6 heteroatoms. The number of thiazole rings is 1. The van der Waals surface area contributed by atoms with E-state index < -0.39 is 0 Å². The largest absolute Gasteiger partial charge is 0.384 e. The van der Waals surface area contributed by atoms with Gasteiger partial charge in [0, 0.05) is 30.8 Å². The number of hydrogen-bond acceptors (Lipinski definition) is 6. The molecule has 0 aliphatic heterocycles. The van der Waals surface area contributed by atoms with Crippen LogP contribution in [0.3, 0.4) is 0 Å². The highest BCUT2D eigenvalue weighted by molar-refractivity contribution is 7.07. The van der Waals surface area contributed by atoms with Gasteiger partial charge in [-0.15, -0.1) is 11.3 Å². The second kappa shape index (κ2) is 5.58. The summed E-state index contributed by atoms with van der Waals surface area (Å²) < 4.78 is 0. The van der Waals surface area contributed by atoms with Gasteiger partial charge >= 0.3 is 0 Å². The van der Waals surface area contributed by atoms with Crippen molar-refractivity contribution in [3.05, 3.63) is 28.5 Å². The number of nitrogens with two attached hydrogens (primary N) is 1. The first kappa shape index (κ1) is 11.8. The highest BCUT2D eigenvalue weighted by atomic mass is 32.1. The molecule has 5 nitrogen and oxygen atoms in total. The standard InChI is InChI=1S/C11H15N5S/c1-2-10-15-9(12)5-11(16-10)13-4-3-8-6-17-7-14-8/h5-7H,2-4H2,1H3,(H3,12,13,15,16). The smallest absolute Gasteiger partial charge is 0.132 e. The lowest BCUT2D eigenvalue weighted by atomic mass is 10.3. The molecule has 0 atom stereocenters. The Morgan fingerprint density at radius 1 is 1.41 bits per heavy atom. The SMILES string of the molecule is CCc1nc(N)cc(NCCc2cscn2)n1. The van der Waals surface area contributed by atoms with E-state index in [2.05, 4.69) is 20.3 Å². The normalized spacial score (nSPS) is 10.4. The Kier molecular flexibility index (Phi) is 3.87. The van der Waals surface area contributed by atoms with E-state index in [-0.39, 0.29) is 0 Å². The minimum absolute atomic E-state index is 0.507. The summed E-state index contributed by atoms with van der Waals surface area (Å²) in [4.78, 5) is 12.7. The van der Waals surface area contributed by atoms with Gasteiger partial charge in [0.2, 0.25) is 0 Å². The molecular formula is C11H15N5S. The van der Waals surface area contributed by atoms with Gasteiger partial charge in [-0.05, 0) is 0 Å². The monoisotopic (exact) mass is 249 g/mol. The van der Waals surface area contributed by atoms with Crippen molar-refractivity contribution in [3.8, 4) is 0 Å². The lowest BCUT2D eigenvalue weighted by molar-refractivity contribution is 0.922. The van der Waals surface area contributed by atoms with Gasteiger partial charge in [-0.2, -0.15) is 0 Å². The first-order valence-corrected chi connectivity index (χ1v) is 6.46. The Morgan fingerprint density at radius 3 is 3.00 bits per heavy atom. The Hall–Kier alpha value is -1.69. The molecule has 0 aliphatic rings. The van der Waals surface area contributed by atoms with Gasteiger partial charge in [0.15, 0.2) is 0 Å². The minimum atomic E-state index is 0.507. The Bertz CT molecular complexity index is 469. The molecule has 0 saturated carbocycles. The number of hydrogen-bond donors (Lipinski definition) is 2. The Labute approximate surface area is 104 Å². The first-order valence-electron chi connectivity index (χ1n) is 5.52. The van der Waals surface area contributed by atoms with Gasteiger partial charge in [-0.25, -0.2) is 15.0 Å². The van der Waals surface area contributed by atoms with Crippen LogP contribution < -0.4 is 11.1 Å². The Balaban J connectivity index is 1.92. The maximum atomic E-state index is 5.70. The number of anilines is 2. The number of nitrogens with zero attached hydrogens (tertiary/aromatic N) is 3. The van der Waals surface area contributed by atoms with Crippen molar-refractivity contribution in [1.29, 1.82) is 0 Å². The van der Waals surface area contributed by atoms with Crippen LogP contribution in [0.1, 0.15) is 18.4 Å². The molecule has 3 N–H and O–H groups in total. The lowest BCUT2D eigenvalue weighted by Crippen LogP contribution is -2.09. The molecular weight excluding hydrogens is 234 g/mol. The van der Waals surface area contributed by atoms with Crippen LogP contribution in [0.5, 0.6) is 0 Å². The molecule has 2 rings (SSSR count). The van der Waals surface area contributed by atoms with Gasteiger partial charge in [0.25, 0.3) is 0 Å². The molecule has 0 radical (unpaired) electrons. The fourth-order valence-corrected chi connectivity index (χ4v) is 2.04. The fourth-order valence-electron chi connectivity index (χ4n) is 1.45. The molecule has 2 heterocycles. The number of nitrogen functional groups attached to an aromatic ring is 1. The molecule has 2 aromatic rings. The summed E-state index contributed by atoms with van der Waals surface area (Å²) in [6.07, 6.45) is 1.67. The molecule has 0 aliphatic carbocycles.